The number of amides is 1. The molecule has 1 rings (SSSR count). The molecule has 100 valence electrons. The molecule has 1 amide bonds. The first-order valence-corrected chi connectivity index (χ1v) is 5.01. The fourth-order valence-electron chi connectivity index (χ4n) is 1.30. The Kier molecular flexibility index (Phi) is 3.83. The van der Waals surface area contributed by atoms with Gasteiger partial charge in [0.05, 0.1) is 11.4 Å². The maximum atomic E-state index is 12.8. The van der Waals surface area contributed by atoms with Crippen LogP contribution in [0, 0.1) is 13.8 Å². The van der Waals surface area contributed by atoms with Crippen LogP contribution in [0.15, 0.2) is 12.1 Å². The number of carbonyl (C=O) groups excluding carboxylic acids is 1. The maximum absolute atomic E-state index is 12.8. The molecule has 7 heteroatoms. The van der Waals surface area contributed by atoms with E-state index in [0.717, 1.165) is 0 Å². The van der Waals surface area contributed by atoms with Gasteiger partial charge >= 0.3 is 18.3 Å². The van der Waals surface area contributed by atoms with Gasteiger partial charge in [-0.05, 0) is 31.0 Å². The molecule has 0 aromatic heterocycles. The number of rotatable bonds is 3. The predicted octanol–water partition coefficient (Wildman–Crippen LogP) is 2.72. The van der Waals surface area contributed by atoms with Crippen molar-refractivity contribution in [2.45, 2.75) is 26.2 Å². The van der Waals surface area contributed by atoms with E-state index in [-0.39, 0.29) is 11.4 Å². The molecular formula is C11H12F4N2O. The summed E-state index contributed by atoms with van der Waals surface area (Å²) in [6, 6.07) is 3.03. The van der Waals surface area contributed by atoms with Crippen molar-refractivity contribution in [2.24, 2.45) is 0 Å². The first-order valence-electron chi connectivity index (χ1n) is 5.01. The number of carbonyl (C=O) groups is 1. The molecule has 0 bridgehead atoms. The average Bonchev–Trinajstić information content (AvgIpc) is 2.29. The maximum Gasteiger partial charge on any atom is 0.383 e. The van der Waals surface area contributed by atoms with Crippen molar-refractivity contribution < 1.29 is 22.4 Å². The standard InChI is InChI=1S/C11H12F4N2O/c1-5-3-4-7(16)8(6(5)2)17-10(18)11(14,15)9(12)13/h3-4,9H,16H2,1-2H3,(H,17,18). The fourth-order valence-corrected chi connectivity index (χ4v) is 1.30. The van der Waals surface area contributed by atoms with Crippen LogP contribution in [-0.2, 0) is 4.79 Å². The number of nitrogen functional groups attached to an aromatic ring is 1. The molecule has 0 fully saturated rings. The lowest BCUT2D eigenvalue weighted by molar-refractivity contribution is -0.163. The summed E-state index contributed by atoms with van der Waals surface area (Å²) >= 11 is 0. The molecule has 0 unspecified atom stereocenters. The van der Waals surface area contributed by atoms with Crippen LogP contribution in [-0.4, -0.2) is 18.3 Å². The molecule has 0 aliphatic carbocycles. The summed E-state index contributed by atoms with van der Waals surface area (Å²) in [5.41, 5.74) is 6.63. The molecule has 0 atom stereocenters. The van der Waals surface area contributed by atoms with Gasteiger partial charge in [-0.2, -0.15) is 8.78 Å². The lowest BCUT2D eigenvalue weighted by atomic mass is 10.1. The second kappa shape index (κ2) is 4.83. The number of halogens is 4. The van der Waals surface area contributed by atoms with Gasteiger partial charge in [0, 0.05) is 0 Å². The summed E-state index contributed by atoms with van der Waals surface area (Å²) in [6.07, 6.45) is -4.07. The Morgan fingerprint density at radius 1 is 1.33 bits per heavy atom. The van der Waals surface area contributed by atoms with Gasteiger partial charge in [-0.1, -0.05) is 6.07 Å². The Balaban J connectivity index is 3.06. The van der Waals surface area contributed by atoms with Crippen molar-refractivity contribution in [3.05, 3.63) is 23.3 Å². The zero-order valence-electron chi connectivity index (χ0n) is 9.73. The van der Waals surface area contributed by atoms with E-state index in [1.165, 1.54) is 6.07 Å². The molecule has 0 aliphatic heterocycles. The van der Waals surface area contributed by atoms with Gasteiger partial charge in [-0.15, -0.1) is 0 Å². The minimum Gasteiger partial charge on any atom is -0.397 e. The number of hydrogen-bond donors (Lipinski definition) is 2. The highest BCUT2D eigenvalue weighted by atomic mass is 19.3. The second-order valence-corrected chi connectivity index (χ2v) is 3.85. The number of benzene rings is 1. The van der Waals surface area contributed by atoms with Crippen molar-refractivity contribution in [1.82, 2.24) is 0 Å². The third-order valence-corrected chi connectivity index (χ3v) is 2.58. The topological polar surface area (TPSA) is 55.1 Å². The Morgan fingerprint density at radius 3 is 2.39 bits per heavy atom. The molecule has 3 N–H and O–H groups in total. The molecule has 0 radical (unpaired) electrons. The number of alkyl halides is 4. The Hall–Kier alpha value is -1.79. The van der Waals surface area contributed by atoms with Crippen molar-refractivity contribution in [3.8, 4) is 0 Å². The van der Waals surface area contributed by atoms with E-state index >= 15 is 0 Å². The van der Waals surface area contributed by atoms with Gasteiger partial charge < -0.3 is 11.1 Å². The zero-order valence-corrected chi connectivity index (χ0v) is 9.73. The minimum absolute atomic E-state index is 0.0384. The van der Waals surface area contributed by atoms with E-state index in [9.17, 15) is 22.4 Å². The van der Waals surface area contributed by atoms with Crippen molar-refractivity contribution >= 4 is 17.3 Å². The number of nitrogens with one attached hydrogen (secondary N) is 1. The second-order valence-electron chi connectivity index (χ2n) is 3.85. The van der Waals surface area contributed by atoms with E-state index in [0.29, 0.717) is 11.1 Å². The van der Waals surface area contributed by atoms with Crippen molar-refractivity contribution in [1.29, 1.82) is 0 Å². The van der Waals surface area contributed by atoms with Gasteiger partial charge in [0.2, 0.25) is 0 Å². The molecule has 0 heterocycles. The van der Waals surface area contributed by atoms with Crippen LogP contribution in [0.2, 0.25) is 0 Å². The monoisotopic (exact) mass is 264 g/mol. The van der Waals surface area contributed by atoms with Gasteiger partial charge in [0.25, 0.3) is 0 Å². The van der Waals surface area contributed by atoms with Crippen LogP contribution in [0.3, 0.4) is 0 Å². The van der Waals surface area contributed by atoms with Crippen LogP contribution in [0.4, 0.5) is 28.9 Å². The van der Waals surface area contributed by atoms with Crippen LogP contribution < -0.4 is 11.1 Å². The van der Waals surface area contributed by atoms with Gasteiger partial charge in [0.15, 0.2) is 0 Å². The summed E-state index contributed by atoms with van der Waals surface area (Å²) in [4.78, 5) is 11.1. The van der Waals surface area contributed by atoms with Gasteiger partial charge in [-0.25, -0.2) is 8.78 Å². The highest BCUT2D eigenvalue weighted by molar-refractivity contribution is 5.99. The van der Waals surface area contributed by atoms with Gasteiger partial charge in [-0.3, -0.25) is 4.79 Å². The Bertz CT molecular complexity index is 474. The van der Waals surface area contributed by atoms with Gasteiger partial charge in [0.1, 0.15) is 0 Å². The smallest absolute Gasteiger partial charge is 0.383 e. The first kappa shape index (κ1) is 14.3. The lowest BCUT2D eigenvalue weighted by Gasteiger charge is -2.18. The largest absolute Gasteiger partial charge is 0.397 e. The zero-order chi connectivity index (χ0) is 14.1. The van der Waals surface area contributed by atoms with Crippen LogP contribution >= 0.6 is 0 Å². The number of aryl methyl sites for hydroxylation is 1. The number of hydrogen-bond acceptors (Lipinski definition) is 2. The van der Waals surface area contributed by atoms with E-state index in [1.54, 1.807) is 25.2 Å². The molecule has 0 saturated heterocycles. The van der Waals surface area contributed by atoms with Crippen LogP contribution in [0.25, 0.3) is 0 Å². The van der Waals surface area contributed by atoms with Crippen molar-refractivity contribution in [2.75, 3.05) is 11.1 Å². The third kappa shape index (κ3) is 2.55. The molecule has 3 nitrogen and oxygen atoms in total. The summed E-state index contributed by atoms with van der Waals surface area (Å²) in [5, 5.41) is 1.75. The average molecular weight is 264 g/mol. The Labute approximate surface area is 101 Å². The normalized spacial score (nSPS) is 11.7. The van der Waals surface area contributed by atoms with Crippen molar-refractivity contribution in [3.63, 3.8) is 0 Å². The molecule has 1 aromatic carbocycles. The van der Waals surface area contributed by atoms with E-state index in [4.69, 9.17) is 5.73 Å². The Morgan fingerprint density at radius 2 is 1.89 bits per heavy atom. The molecule has 0 spiro atoms. The van der Waals surface area contributed by atoms with E-state index in [1.807, 2.05) is 0 Å². The van der Waals surface area contributed by atoms with E-state index in [2.05, 4.69) is 0 Å². The summed E-state index contributed by atoms with van der Waals surface area (Å²) in [5.74, 6) is -6.82. The van der Waals surface area contributed by atoms with E-state index < -0.39 is 18.3 Å². The number of anilines is 2. The summed E-state index contributed by atoms with van der Waals surface area (Å²) in [7, 11) is 0. The predicted molar refractivity (Wildman–Crippen MR) is 59.9 cm³/mol. The molecule has 0 aliphatic rings. The van der Waals surface area contributed by atoms with Crippen LogP contribution in [0.1, 0.15) is 11.1 Å². The molecule has 18 heavy (non-hydrogen) atoms. The van der Waals surface area contributed by atoms with Crippen LogP contribution in [0.5, 0.6) is 0 Å². The summed E-state index contributed by atoms with van der Waals surface area (Å²) in [6.45, 7) is 3.22. The number of nitrogens with two attached hydrogens (primary N) is 1. The molecule has 1 aromatic rings. The lowest BCUT2D eigenvalue weighted by Crippen LogP contribution is -2.41. The first-order chi connectivity index (χ1) is 8.17. The summed E-state index contributed by atoms with van der Waals surface area (Å²) < 4.78 is 49.6. The SMILES string of the molecule is Cc1ccc(N)c(NC(=O)C(F)(F)C(F)F)c1C. The quantitative estimate of drug-likeness (QED) is 0.651. The molecular weight excluding hydrogens is 252 g/mol. The molecule has 0 saturated carbocycles. The fraction of sp³-hybridized carbons (Fsp3) is 0.364. The highest BCUT2D eigenvalue weighted by Crippen LogP contribution is 2.29. The highest BCUT2D eigenvalue weighted by Gasteiger charge is 2.49. The minimum atomic E-state index is -4.75. The third-order valence-electron chi connectivity index (χ3n) is 2.58.